The van der Waals surface area contributed by atoms with Crippen molar-refractivity contribution < 1.29 is 18.3 Å². The van der Waals surface area contributed by atoms with Gasteiger partial charge in [-0.25, -0.2) is 13.1 Å². The molecule has 0 aromatic rings. The number of hydrogen-bond donors (Lipinski definition) is 3. The van der Waals surface area contributed by atoms with E-state index in [1.807, 2.05) is 0 Å². The van der Waals surface area contributed by atoms with E-state index >= 15 is 0 Å². The van der Waals surface area contributed by atoms with Gasteiger partial charge in [-0.15, -0.1) is 0 Å². The number of nitrogens with one attached hydrogen (secondary N) is 2. The van der Waals surface area contributed by atoms with Crippen LogP contribution in [0.4, 0.5) is 0 Å². The molecule has 0 bridgehead atoms. The van der Waals surface area contributed by atoms with E-state index in [4.69, 9.17) is 5.11 Å². The molecular formula is C9H18N2O4S. The number of sulfonamides is 1. The third-order valence-corrected chi connectivity index (χ3v) is 3.95. The van der Waals surface area contributed by atoms with Crippen LogP contribution in [0.25, 0.3) is 0 Å². The molecule has 0 saturated carbocycles. The number of carboxylic acids is 1. The van der Waals surface area contributed by atoms with Crippen molar-refractivity contribution in [3.8, 4) is 0 Å². The van der Waals surface area contributed by atoms with E-state index in [2.05, 4.69) is 10.0 Å². The van der Waals surface area contributed by atoms with E-state index < -0.39 is 16.0 Å². The van der Waals surface area contributed by atoms with Gasteiger partial charge in [0.2, 0.25) is 10.0 Å². The van der Waals surface area contributed by atoms with Gasteiger partial charge < -0.3 is 10.4 Å². The molecule has 16 heavy (non-hydrogen) atoms. The first-order valence-corrected chi connectivity index (χ1v) is 7.07. The van der Waals surface area contributed by atoms with Gasteiger partial charge in [0.1, 0.15) is 0 Å². The Kier molecular flexibility index (Phi) is 5.17. The lowest BCUT2D eigenvalue weighted by molar-refractivity contribution is -0.136. The highest BCUT2D eigenvalue weighted by molar-refractivity contribution is 7.89. The SMILES string of the molecule is O=C(O)CCS(=O)(=O)NCCC1CCCN1. The second kappa shape index (κ2) is 6.17. The molecule has 0 radical (unpaired) electrons. The van der Waals surface area contributed by atoms with Crippen LogP contribution >= 0.6 is 0 Å². The van der Waals surface area contributed by atoms with Gasteiger partial charge in [-0.3, -0.25) is 4.79 Å². The van der Waals surface area contributed by atoms with Crippen molar-refractivity contribution >= 4 is 16.0 Å². The van der Waals surface area contributed by atoms with Crippen LogP contribution in [0.1, 0.15) is 25.7 Å². The van der Waals surface area contributed by atoms with Gasteiger partial charge >= 0.3 is 5.97 Å². The highest BCUT2D eigenvalue weighted by Crippen LogP contribution is 2.07. The van der Waals surface area contributed by atoms with Crippen LogP contribution in [-0.4, -0.2) is 44.4 Å². The van der Waals surface area contributed by atoms with Gasteiger partial charge in [0, 0.05) is 12.6 Å². The van der Waals surface area contributed by atoms with E-state index in [0.29, 0.717) is 12.6 Å². The van der Waals surface area contributed by atoms with Crippen molar-refractivity contribution in [2.75, 3.05) is 18.8 Å². The van der Waals surface area contributed by atoms with Gasteiger partial charge in [0.25, 0.3) is 0 Å². The minimum atomic E-state index is -3.43. The molecule has 1 fully saturated rings. The standard InChI is InChI=1S/C9H18N2O4S/c12-9(13)4-7-16(14,15)11-6-3-8-2-1-5-10-8/h8,10-11H,1-7H2,(H,12,13). The summed E-state index contributed by atoms with van der Waals surface area (Å²) in [6.45, 7) is 1.37. The van der Waals surface area contributed by atoms with Crippen molar-refractivity contribution in [2.45, 2.75) is 31.7 Å². The first kappa shape index (κ1) is 13.4. The maximum atomic E-state index is 11.3. The fraction of sp³-hybridized carbons (Fsp3) is 0.889. The number of aliphatic carboxylic acids is 1. The molecule has 0 aromatic heterocycles. The topological polar surface area (TPSA) is 95.5 Å². The van der Waals surface area contributed by atoms with E-state index in [9.17, 15) is 13.2 Å². The van der Waals surface area contributed by atoms with Crippen LogP contribution < -0.4 is 10.0 Å². The Morgan fingerprint density at radius 1 is 1.50 bits per heavy atom. The summed E-state index contributed by atoms with van der Waals surface area (Å²) < 4.78 is 25.0. The molecule has 6 nitrogen and oxygen atoms in total. The van der Waals surface area contributed by atoms with Gasteiger partial charge in [0.05, 0.1) is 12.2 Å². The molecule has 1 unspecified atom stereocenters. The van der Waals surface area contributed by atoms with Crippen molar-refractivity contribution in [3.05, 3.63) is 0 Å². The molecule has 1 aliphatic rings. The van der Waals surface area contributed by atoms with Crippen LogP contribution in [0, 0.1) is 0 Å². The summed E-state index contributed by atoms with van der Waals surface area (Å²) >= 11 is 0. The maximum absolute atomic E-state index is 11.3. The summed E-state index contributed by atoms with van der Waals surface area (Å²) in [7, 11) is -3.43. The average Bonchev–Trinajstić information content (AvgIpc) is 2.68. The molecule has 7 heteroatoms. The summed E-state index contributed by atoms with van der Waals surface area (Å²) in [4.78, 5) is 10.2. The smallest absolute Gasteiger partial charge is 0.304 e. The predicted octanol–water partition coefficient (Wildman–Crippen LogP) is -0.477. The summed E-state index contributed by atoms with van der Waals surface area (Å²) in [6, 6.07) is 0.391. The zero-order valence-corrected chi connectivity index (χ0v) is 9.92. The Morgan fingerprint density at radius 3 is 2.81 bits per heavy atom. The molecule has 1 atom stereocenters. The monoisotopic (exact) mass is 250 g/mol. The summed E-state index contributed by atoms with van der Waals surface area (Å²) in [5, 5.41) is 11.6. The molecule has 1 rings (SSSR count). The Morgan fingerprint density at radius 2 is 2.25 bits per heavy atom. The minimum Gasteiger partial charge on any atom is -0.481 e. The normalized spacial score (nSPS) is 21.1. The zero-order valence-electron chi connectivity index (χ0n) is 9.11. The van der Waals surface area contributed by atoms with Crippen LogP contribution in [0.2, 0.25) is 0 Å². The lowest BCUT2D eigenvalue weighted by Gasteiger charge is -2.10. The molecule has 1 saturated heterocycles. The summed E-state index contributed by atoms with van der Waals surface area (Å²) in [6.07, 6.45) is 2.62. The van der Waals surface area contributed by atoms with Crippen molar-refractivity contribution in [1.29, 1.82) is 0 Å². The van der Waals surface area contributed by atoms with Crippen molar-refractivity contribution in [3.63, 3.8) is 0 Å². The van der Waals surface area contributed by atoms with Gasteiger partial charge in [-0.1, -0.05) is 0 Å². The minimum absolute atomic E-state index is 0.347. The van der Waals surface area contributed by atoms with E-state index in [1.165, 1.54) is 0 Å². The number of carbonyl (C=O) groups is 1. The highest BCUT2D eigenvalue weighted by atomic mass is 32.2. The van der Waals surface area contributed by atoms with Gasteiger partial charge in [-0.2, -0.15) is 0 Å². The van der Waals surface area contributed by atoms with Gasteiger partial charge in [0.15, 0.2) is 0 Å². The molecule has 1 heterocycles. The largest absolute Gasteiger partial charge is 0.481 e. The Balaban J connectivity index is 2.17. The van der Waals surface area contributed by atoms with E-state index in [-0.39, 0.29) is 12.2 Å². The zero-order chi connectivity index (χ0) is 12.0. The Bertz CT molecular complexity index is 322. The number of rotatable bonds is 7. The first-order valence-electron chi connectivity index (χ1n) is 5.42. The molecule has 0 amide bonds. The molecule has 0 aromatic carbocycles. The van der Waals surface area contributed by atoms with Crippen LogP contribution in [0.3, 0.4) is 0 Å². The predicted molar refractivity (Wildman–Crippen MR) is 59.7 cm³/mol. The maximum Gasteiger partial charge on any atom is 0.304 e. The average molecular weight is 250 g/mol. The molecule has 0 spiro atoms. The third-order valence-electron chi connectivity index (χ3n) is 2.56. The van der Waals surface area contributed by atoms with Crippen LogP contribution in [-0.2, 0) is 14.8 Å². The van der Waals surface area contributed by atoms with Crippen molar-refractivity contribution in [1.82, 2.24) is 10.0 Å². The lowest BCUT2D eigenvalue weighted by Crippen LogP contribution is -2.32. The Labute approximate surface area is 95.5 Å². The summed E-state index contributed by atoms with van der Waals surface area (Å²) in [5.41, 5.74) is 0. The second-order valence-electron chi connectivity index (χ2n) is 3.94. The molecule has 3 N–H and O–H groups in total. The highest BCUT2D eigenvalue weighted by Gasteiger charge is 2.16. The third kappa shape index (κ3) is 5.43. The molecule has 0 aliphatic carbocycles. The fourth-order valence-electron chi connectivity index (χ4n) is 1.69. The first-order chi connectivity index (χ1) is 7.49. The van der Waals surface area contributed by atoms with Crippen molar-refractivity contribution in [2.24, 2.45) is 0 Å². The van der Waals surface area contributed by atoms with Gasteiger partial charge in [-0.05, 0) is 25.8 Å². The van der Waals surface area contributed by atoms with E-state index in [1.54, 1.807) is 0 Å². The van der Waals surface area contributed by atoms with Crippen LogP contribution in [0.15, 0.2) is 0 Å². The van der Waals surface area contributed by atoms with Crippen LogP contribution in [0.5, 0.6) is 0 Å². The molecule has 1 aliphatic heterocycles. The molecular weight excluding hydrogens is 232 g/mol. The van der Waals surface area contributed by atoms with E-state index in [0.717, 1.165) is 25.8 Å². The molecule has 94 valence electrons. The Hall–Kier alpha value is -0.660. The lowest BCUT2D eigenvalue weighted by atomic mass is 10.2. The number of hydrogen-bond acceptors (Lipinski definition) is 4. The quantitative estimate of drug-likeness (QED) is 0.567. The fourth-order valence-corrected chi connectivity index (χ4v) is 2.70. The summed E-state index contributed by atoms with van der Waals surface area (Å²) in [5.74, 6) is -1.44. The second-order valence-corrected chi connectivity index (χ2v) is 5.87. The number of carboxylic acid groups (broad SMARTS) is 1.